The van der Waals surface area contributed by atoms with E-state index in [0.29, 0.717) is 29.3 Å². The minimum Gasteiger partial charge on any atom is -0.377 e. The summed E-state index contributed by atoms with van der Waals surface area (Å²) < 4.78 is 32.5. The molecule has 0 saturated heterocycles. The summed E-state index contributed by atoms with van der Waals surface area (Å²) >= 11 is 6.10. The zero-order valence-electron chi connectivity index (χ0n) is 10.2. The number of unbranched alkanes of at least 4 members (excludes halogenated alkanes) is 1. The van der Waals surface area contributed by atoms with Gasteiger partial charge < -0.3 is 4.74 Å². The van der Waals surface area contributed by atoms with Gasteiger partial charge in [0.15, 0.2) is 0 Å². The van der Waals surface area contributed by atoms with Crippen molar-refractivity contribution in [2.45, 2.75) is 25.9 Å². The van der Waals surface area contributed by atoms with Crippen molar-refractivity contribution in [3.8, 4) is 0 Å². The molecule has 2 nitrogen and oxygen atoms in total. The van der Waals surface area contributed by atoms with Gasteiger partial charge >= 0.3 is 0 Å². The molecule has 0 aromatic heterocycles. The number of Topliss-reactive ketones (excluding diaryl/α,β-unsaturated/α-hetero) is 1. The Morgan fingerprint density at radius 1 is 1.21 bits per heavy atom. The maximum absolute atomic E-state index is 13.4. The molecule has 1 aromatic carbocycles. The number of ketones is 1. The highest BCUT2D eigenvalue weighted by atomic mass is 79.9. The van der Waals surface area contributed by atoms with Crippen LogP contribution in [0.1, 0.15) is 24.8 Å². The van der Waals surface area contributed by atoms with E-state index in [9.17, 15) is 13.6 Å². The second-order valence-corrected chi connectivity index (χ2v) is 5.51. The van der Waals surface area contributed by atoms with Gasteiger partial charge in [0.25, 0.3) is 0 Å². The topological polar surface area (TPSA) is 26.3 Å². The average Bonchev–Trinajstić information content (AvgIpc) is 2.35. The zero-order valence-corrected chi connectivity index (χ0v) is 13.4. The fraction of sp³-hybridized carbons (Fsp3) is 0.462. The Labute approximate surface area is 127 Å². The number of alkyl halides is 1. The normalized spacial score (nSPS) is 10.7. The van der Waals surface area contributed by atoms with Crippen molar-refractivity contribution < 1.29 is 18.3 Å². The van der Waals surface area contributed by atoms with Gasteiger partial charge in [0.1, 0.15) is 17.4 Å². The second-order valence-electron chi connectivity index (χ2n) is 4.03. The first-order valence-corrected chi connectivity index (χ1v) is 7.75. The first-order valence-electron chi connectivity index (χ1n) is 5.83. The fourth-order valence-electron chi connectivity index (χ4n) is 1.48. The minimum absolute atomic E-state index is 0.0697. The van der Waals surface area contributed by atoms with Crippen molar-refractivity contribution >= 4 is 37.6 Å². The molecule has 19 heavy (non-hydrogen) atoms. The third-order valence-electron chi connectivity index (χ3n) is 2.50. The van der Waals surface area contributed by atoms with Gasteiger partial charge in [-0.25, -0.2) is 8.78 Å². The number of carbonyl (C=O) groups is 1. The van der Waals surface area contributed by atoms with Gasteiger partial charge in [-0.15, -0.1) is 0 Å². The number of ether oxygens (including phenoxy) is 1. The van der Waals surface area contributed by atoms with Gasteiger partial charge in [-0.05, 0) is 25.0 Å². The van der Waals surface area contributed by atoms with Crippen LogP contribution in [0.15, 0.2) is 16.6 Å². The molecular weight excluding hydrogens is 386 g/mol. The average molecular weight is 400 g/mol. The molecule has 0 saturated carbocycles. The van der Waals surface area contributed by atoms with Crippen molar-refractivity contribution in [3.05, 3.63) is 33.8 Å². The number of hydrogen-bond acceptors (Lipinski definition) is 2. The van der Waals surface area contributed by atoms with E-state index in [4.69, 9.17) is 4.74 Å². The Hall–Kier alpha value is -0.330. The summed E-state index contributed by atoms with van der Waals surface area (Å²) in [7, 11) is 0. The molecule has 0 heterocycles. The predicted molar refractivity (Wildman–Crippen MR) is 76.4 cm³/mol. The highest BCUT2D eigenvalue weighted by Crippen LogP contribution is 2.20. The molecule has 0 amide bonds. The largest absolute Gasteiger partial charge is 0.377 e. The van der Waals surface area contributed by atoms with E-state index in [1.807, 2.05) is 0 Å². The summed E-state index contributed by atoms with van der Waals surface area (Å²) in [5.41, 5.74) is -0.0697. The van der Waals surface area contributed by atoms with Crippen LogP contribution >= 0.6 is 31.9 Å². The van der Waals surface area contributed by atoms with E-state index < -0.39 is 11.6 Å². The zero-order chi connectivity index (χ0) is 14.3. The quantitative estimate of drug-likeness (QED) is 0.479. The van der Waals surface area contributed by atoms with Crippen LogP contribution in [0.5, 0.6) is 0 Å². The maximum atomic E-state index is 13.4. The molecule has 0 aliphatic carbocycles. The van der Waals surface area contributed by atoms with Crippen LogP contribution in [0, 0.1) is 11.6 Å². The molecule has 1 aromatic rings. The third kappa shape index (κ3) is 6.10. The van der Waals surface area contributed by atoms with Crippen molar-refractivity contribution in [1.29, 1.82) is 0 Å². The lowest BCUT2D eigenvalue weighted by molar-refractivity contribution is -0.116. The number of benzene rings is 1. The standard InChI is InChI=1S/C13H14Br2F2O2/c14-7-10(18)3-1-2-4-19-8-11-12(16)5-9(15)6-13(11)17/h5-6H,1-4,7-8H2. The van der Waals surface area contributed by atoms with Gasteiger partial charge in [-0.2, -0.15) is 0 Å². The van der Waals surface area contributed by atoms with Crippen molar-refractivity contribution in [2.75, 3.05) is 11.9 Å². The van der Waals surface area contributed by atoms with Crippen LogP contribution < -0.4 is 0 Å². The van der Waals surface area contributed by atoms with Gasteiger partial charge in [0.2, 0.25) is 0 Å². The van der Waals surface area contributed by atoms with Crippen LogP contribution in [0.4, 0.5) is 8.78 Å². The van der Waals surface area contributed by atoms with E-state index in [-0.39, 0.29) is 18.0 Å². The molecule has 0 N–H and O–H groups in total. The molecule has 6 heteroatoms. The van der Waals surface area contributed by atoms with Crippen LogP contribution in [-0.4, -0.2) is 17.7 Å². The highest BCUT2D eigenvalue weighted by molar-refractivity contribution is 9.10. The van der Waals surface area contributed by atoms with Gasteiger partial charge in [0, 0.05) is 23.1 Å². The number of rotatable bonds is 8. The van der Waals surface area contributed by atoms with Gasteiger partial charge in [-0.3, -0.25) is 4.79 Å². The van der Waals surface area contributed by atoms with Crippen molar-refractivity contribution in [3.63, 3.8) is 0 Å². The molecule has 0 unspecified atom stereocenters. The van der Waals surface area contributed by atoms with E-state index in [0.717, 1.165) is 6.42 Å². The van der Waals surface area contributed by atoms with Crippen molar-refractivity contribution in [2.24, 2.45) is 0 Å². The number of carbonyl (C=O) groups excluding carboxylic acids is 1. The monoisotopic (exact) mass is 398 g/mol. The summed E-state index contributed by atoms with van der Waals surface area (Å²) in [5.74, 6) is -1.10. The van der Waals surface area contributed by atoms with Crippen LogP contribution in [0.2, 0.25) is 0 Å². The summed E-state index contributed by atoms with van der Waals surface area (Å²) in [4.78, 5) is 11.0. The Kier molecular flexibility index (Phi) is 7.71. The lowest BCUT2D eigenvalue weighted by Gasteiger charge is -2.07. The van der Waals surface area contributed by atoms with Gasteiger partial charge in [0.05, 0.1) is 11.9 Å². The molecule has 0 fully saturated rings. The third-order valence-corrected chi connectivity index (χ3v) is 3.58. The van der Waals surface area contributed by atoms with Crippen LogP contribution in [0.3, 0.4) is 0 Å². The summed E-state index contributed by atoms with van der Waals surface area (Å²) in [6.07, 6.45) is 1.91. The van der Waals surface area contributed by atoms with Crippen LogP contribution in [-0.2, 0) is 16.1 Å². The van der Waals surface area contributed by atoms with Crippen LogP contribution in [0.25, 0.3) is 0 Å². The molecule has 1 rings (SSSR count). The number of hydrogen-bond donors (Lipinski definition) is 0. The summed E-state index contributed by atoms with van der Waals surface area (Å²) in [6, 6.07) is 2.41. The second kappa shape index (κ2) is 8.76. The summed E-state index contributed by atoms with van der Waals surface area (Å²) in [5, 5.41) is 0.364. The molecular formula is C13H14Br2F2O2. The number of halogens is 4. The highest BCUT2D eigenvalue weighted by Gasteiger charge is 2.10. The van der Waals surface area contributed by atoms with E-state index in [1.54, 1.807) is 0 Å². The SMILES string of the molecule is O=C(CBr)CCCCOCc1c(F)cc(Br)cc1F. The molecule has 0 bridgehead atoms. The molecule has 0 aliphatic rings. The molecule has 0 atom stereocenters. The first-order chi connectivity index (χ1) is 9.04. The predicted octanol–water partition coefficient (Wildman–Crippen LogP) is 4.38. The lowest BCUT2D eigenvalue weighted by Crippen LogP contribution is -2.03. The summed E-state index contributed by atoms with van der Waals surface area (Å²) in [6.45, 7) is 0.280. The van der Waals surface area contributed by atoms with E-state index in [1.165, 1.54) is 12.1 Å². The Balaban J connectivity index is 2.28. The van der Waals surface area contributed by atoms with E-state index in [2.05, 4.69) is 31.9 Å². The fourth-order valence-corrected chi connectivity index (χ4v) is 2.16. The molecule has 0 radical (unpaired) electrons. The molecule has 0 aliphatic heterocycles. The first kappa shape index (κ1) is 16.7. The molecule has 106 valence electrons. The lowest BCUT2D eigenvalue weighted by atomic mass is 10.2. The maximum Gasteiger partial charge on any atom is 0.143 e. The van der Waals surface area contributed by atoms with E-state index >= 15 is 0 Å². The molecule has 0 spiro atoms. The van der Waals surface area contributed by atoms with Gasteiger partial charge in [-0.1, -0.05) is 31.9 Å². The minimum atomic E-state index is -0.624. The smallest absolute Gasteiger partial charge is 0.143 e. The Morgan fingerprint density at radius 2 is 1.84 bits per heavy atom. The Morgan fingerprint density at radius 3 is 2.42 bits per heavy atom. The van der Waals surface area contributed by atoms with Crippen molar-refractivity contribution in [1.82, 2.24) is 0 Å². The Bertz CT molecular complexity index is 416.